The number of nitrogens with two attached hydrogens (primary N) is 1. The molecule has 1 heterocycles. The minimum absolute atomic E-state index is 0.182. The summed E-state index contributed by atoms with van der Waals surface area (Å²) in [5, 5.41) is 0. The minimum atomic E-state index is 0.182. The van der Waals surface area contributed by atoms with Crippen LogP contribution in [0, 0.1) is 0 Å². The van der Waals surface area contributed by atoms with Crippen LogP contribution in [0.4, 0.5) is 11.4 Å². The van der Waals surface area contributed by atoms with E-state index < -0.39 is 0 Å². The zero-order valence-corrected chi connectivity index (χ0v) is 10.3. The molecule has 1 aliphatic rings. The Kier molecular flexibility index (Phi) is 3.22. The highest BCUT2D eigenvalue weighted by Gasteiger charge is 2.30. The monoisotopic (exact) mass is 234 g/mol. The Morgan fingerprint density at radius 3 is 2.88 bits per heavy atom. The van der Waals surface area contributed by atoms with Gasteiger partial charge >= 0.3 is 0 Å². The molecule has 1 aromatic carbocycles. The molecule has 0 radical (unpaired) electrons. The first-order valence-electron chi connectivity index (χ1n) is 5.93. The largest absolute Gasteiger partial charge is 0.495 e. The quantitative estimate of drug-likeness (QED) is 0.815. The molecule has 0 aliphatic carbocycles. The van der Waals surface area contributed by atoms with Gasteiger partial charge in [-0.2, -0.15) is 0 Å². The van der Waals surface area contributed by atoms with Crippen LogP contribution in [0.3, 0.4) is 0 Å². The summed E-state index contributed by atoms with van der Waals surface area (Å²) < 4.78 is 5.11. The maximum atomic E-state index is 11.9. The SMILES string of the molecule is CCC1CCC(=O)N1c1ccc(OC)c(N)c1. The van der Waals surface area contributed by atoms with Crippen LogP contribution in [-0.2, 0) is 4.79 Å². The molecule has 4 heteroatoms. The van der Waals surface area contributed by atoms with Crippen molar-refractivity contribution in [3.8, 4) is 5.75 Å². The van der Waals surface area contributed by atoms with E-state index >= 15 is 0 Å². The van der Waals surface area contributed by atoms with Crippen molar-refractivity contribution in [2.24, 2.45) is 0 Å². The third-order valence-electron chi connectivity index (χ3n) is 3.29. The number of hydrogen-bond acceptors (Lipinski definition) is 3. The van der Waals surface area contributed by atoms with Crippen LogP contribution < -0.4 is 15.4 Å². The van der Waals surface area contributed by atoms with E-state index in [-0.39, 0.29) is 5.91 Å². The number of anilines is 2. The van der Waals surface area contributed by atoms with Gasteiger partial charge in [-0.15, -0.1) is 0 Å². The number of nitrogen functional groups attached to an aromatic ring is 1. The maximum Gasteiger partial charge on any atom is 0.227 e. The zero-order chi connectivity index (χ0) is 12.4. The first kappa shape index (κ1) is 11.8. The highest BCUT2D eigenvalue weighted by molar-refractivity contribution is 5.96. The first-order chi connectivity index (χ1) is 8.17. The molecule has 0 aromatic heterocycles. The second kappa shape index (κ2) is 4.65. The van der Waals surface area contributed by atoms with Gasteiger partial charge in [-0.25, -0.2) is 0 Å². The van der Waals surface area contributed by atoms with E-state index in [1.54, 1.807) is 7.11 Å². The van der Waals surface area contributed by atoms with Gasteiger partial charge in [-0.05, 0) is 31.0 Å². The van der Waals surface area contributed by atoms with Gasteiger partial charge in [0.2, 0.25) is 5.91 Å². The second-order valence-electron chi connectivity index (χ2n) is 4.29. The van der Waals surface area contributed by atoms with Crippen LogP contribution in [0.5, 0.6) is 5.75 Å². The van der Waals surface area contributed by atoms with Crippen molar-refractivity contribution < 1.29 is 9.53 Å². The highest BCUT2D eigenvalue weighted by Crippen LogP contribution is 2.32. The van der Waals surface area contributed by atoms with Crippen molar-refractivity contribution in [2.75, 3.05) is 17.7 Å². The third kappa shape index (κ3) is 2.07. The Bertz CT molecular complexity index is 431. The van der Waals surface area contributed by atoms with Crippen LogP contribution in [0.2, 0.25) is 0 Å². The molecule has 0 spiro atoms. The molecule has 92 valence electrons. The molecule has 4 nitrogen and oxygen atoms in total. The van der Waals surface area contributed by atoms with Crippen LogP contribution >= 0.6 is 0 Å². The highest BCUT2D eigenvalue weighted by atomic mass is 16.5. The average molecular weight is 234 g/mol. The topological polar surface area (TPSA) is 55.6 Å². The van der Waals surface area contributed by atoms with E-state index in [4.69, 9.17) is 10.5 Å². The lowest BCUT2D eigenvalue weighted by Crippen LogP contribution is -2.32. The summed E-state index contributed by atoms with van der Waals surface area (Å²) in [5.41, 5.74) is 7.31. The van der Waals surface area contributed by atoms with E-state index in [0.717, 1.165) is 18.5 Å². The molecule has 0 bridgehead atoms. The van der Waals surface area contributed by atoms with Crippen molar-refractivity contribution in [3.63, 3.8) is 0 Å². The summed E-state index contributed by atoms with van der Waals surface area (Å²) in [5.74, 6) is 0.829. The maximum absolute atomic E-state index is 11.9. The van der Waals surface area contributed by atoms with Crippen LogP contribution in [-0.4, -0.2) is 19.1 Å². The molecule has 1 amide bonds. The fourth-order valence-electron chi connectivity index (χ4n) is 2.36. The number of rotatable bonds is 3. The number of ether oxygens (including phenoxy) is 1. The van der Waals surface area contributed by atoms with Crippen molar-refractivity contribution in [1.29, 1.82) is 0 Å². The van der Waals surface area contributed by atoms with Gasteiger partial charge < -0.3 is 15.4 Å². The van der Waals surface area contributed by atoms with Crippen molar-refractivity contribution in [1.82, 2.24) is 0 Å². The van der Waals surface area contributed by atoms with Crippen LogP contribution in [0.25, 0.3) is 0 Å². The third-order valence-corrected chi connectivity index (χ3v) is 3.29. The van der Waals surface area contributed by atoms with Gasteiger partial charge in [0.05, 0.1) is 12.8 Å². The molecular weight excluding hydrogens is 216 g/mol. The predicted molar refractivity (Wildman–Crippen MR) is 68.2 cm³/mol. The first-order valence-corrected chi connectivity index (χ1v) is 5.93. The zero-order valence-electron chi connectivity index (χ0n) is 10.3. The summed E-state index contributed by atoms with van der Waals surface area (Å²) in [6.07, 6.45) is 2.53. The fraction of sp³-hybridized carbons (Fsp3) is 0.462. The Labute approximate surface area is 101 Å². The normalized spacial score (nSPS) is 19.8. The summed E-state index contributed by atoms with van der Waals surface area (Å²) in [4.78, 5) is 13.7. The molecule has 1 aliphatic heterocycles. The van der Waals surface area contributed by atoms with Crippen molar-refractivity contribution in [2.45, 2.75) is 32.2 Å². The van der Waals surface area contributed by atoms with E-state index in [0.29, 0.717) is 23.9 Å². The molecule has 1 atom stereocenters. The van der Waals surface area contributed by atoms with Gasteiger partial charge in [-0.3, -0.25) is 4.79 Å². The van der Waals surface area contributed by atoms with Crippen LogP contribution in [0.15, 0.2) is 18.2 Å². The molecule has 2 rings (SSSR count). The van der Waals surface area contributed by atoms with Gasteiger partial charge in [0.25, 0.3) is 0 Å². The van der Waals surface area contributed by atoms with E-state index in [1.807, 2.05) is 23.1 Å². The molecule has 1 saturated heterocycles. The molecule has 2 N–H and O–H groups in total. The standard InChI is InChI=1S/C13H18N2O2/c1-3-9-5-7-13(16)15(9)10-4-6-12(17-2)11(14)8-10/h4,6,8-9H,3,5,7,14H2,1-2H3. The summed E-state index contributed by atoms with van der Waals surface area (Å²) >= 11 is 0. The number of nitrogens with zero attached hydrogens (tertiary/aromatic N) is 1. The number of benzene rings is 1. The molecule has 1 unspecified atom stereocenters. The Hall–Kier alpha value is -1.71. The van der Waals surface area contributed by atoms with Gasteiger partial charge in [0, 0.05) is 18.2 Å². The second-order valence-corrected chi connectivity index (χ2v) is 4.29. The van der Waals surface area contributed by atoms with E-state index in [1.165, 1.54) is 0 Å². The van der Waals surface area contributed by atoms with Crippen LogP contribution in [0.1, 0.15) is 26.2 Å². The number of amides is 1. The smallest absolute Gasteiger partial charge is 0.227 e. The molecule has 17 heavy (non-hydrogen) atoms. The van der Waals surface area contributed by atoms with Crippen molar-refractivity contribution >= 4 is 17.3 Å². The number of methoxy groups -OCH3 is 1. The molecule has 1 aromatic rings. The predicted octanol–water partition coefficient (Wildman–Crippen LogP) is 2.18. The lowest BCUT2D eigenvalue weighted by molar-refractivity contribution is -0.117. The molecule has 0 saturated carbocycles. The van der Waals surface area contributed by atoms with Gasteiger partial charge in [0.15, 0.2) is 0 Å². The Morgan fingerprint density at radius 2 is 2.29 bits per heavy atom. The number of carbonyl (C=O) groups excluding carboxylic acids is 1. The Morgan fingerprint density at radius 1 is 1.53 bits per heavy atom. The Balaban J connectivity index is 2.33. The molecular formula is C13H18N2O2. The lowest BCUT2D eigenvalue weighted by Gasteiger charge is -2.24. The van der Waals surface area contributed by atoms with Gasteiger partial charge in [-0.1, -0.05) is 6.92 Å². The van der Waals surface area contributed by atoms with E-state index in [2.05, 4.69) is 6.92 Å². The summed E-state index contributed by atoms with van der Waals surface area (Å²) in [6.45, 7) is 2.10. The lowest BCUT2D eigenvalue weighted by atomic mass is 10.1. The number of hydrogen-bond donors (Lipinski definition) is 1. The van der Waals surface area contributed by atoms with E-state index in [9.17, 15) is 4.79 Å². The minimum Gasteiger partial charge on any atom is -0.495 e. The van der Waals surface area contributed by atoms with Gasteiger partial charge in [0.1, 0.15) is 5.75 Å². The van der Waals surface area contributed by atoms with Crippen molar-refractivity contribution in [3.05, 3.63) is 18.2 Å². The fourth-order valence-corrected chi connectivity index (χ4v) is 2.36. The summed E-state index contributed by atoms with van der Waals surface area (Å²) in [7, 11) is 1.58. The number of carbonyl (C=O) groups is 1. The summed E-state index contributed by atoms with van der Waals surface area (Å²) in [6, 6.07) is 5.81. The molecule has 1 fully saturated rings. The average Bonchev–Trinajstić information content (AvgIpc) is 2.70.